The van der Waals surface area contributed by atoms with Gasteiger partial charge in [0.15, 0.2) is 0 Å². The Labute approximate surface area is 196 Å². The second-order valence-electron chi connectivity index (χ2n) is 8.84. The highest BCUT2D eigenvalue weighted by atomic mass is 16.5. The molecule has 0 saturated carbocycles. The number of aryl methyl sites for hydroxylation is 1. The van der Waals surface area contributed by atoms with Gasteiger partial charge in [-0.05, 0) is 62.0 Å². The number of carbonyl (C=O) groups excluding carboxylic acids is 1. The fourth-order valence-corrected chi connectivity index (χ4v) is 4.81. The van der Waals surface area contributed by atoms with Crippen LogP contribution in [0.3, 0.4) is 0 Å². The van der Waals surface area contributed by atoms with Crippen molar-refractivity contribution in [3.05, 3.63) is 95.3 Å². The Morgan fingerprint density at radius 3 is 2.52 bits per heavy atom. The number of pyridine rings is 1. The van der Waals surface area contributed by atoms with E-state index in [0.717, 1.165) is 49.5 Å². The van der Waals surface area contributed by atoms with E-state index < -0.39 is 0 Å². The van der Waals surface area contributed by atoms with Crippen LogP contribution in [0.25, 0.3) is 0 Å². The number of aromatic nitrogens is 1. The summed E-state index contributed by atoms with van der Waals surface area (Å²) in [6.45, 7) is 4.94. The lowest BCUT2D eigenvalue weighted by Crippen LogP contribution is -2.41. The molecular formula is C28H33N3O2. The SMILES string of the molecule is COc1c(C)cccc1CN1CCC(C(NC(=O)Cc2ccccc2)c2ccccn2)CC1. The maximum absolute atomic E-state index is 12.9. The number of methoxy groups -OCH3 is 1. The summed E-state index contributed by atoms with van der Waals surface area (Å²) < 4.78 is 5.64. The molecule has 33 heavy (non-hydrogen) atoms. The number of nitrogens with one attached hydrogen (secondary N) is 1. The fraction of sp³-hybridized carbons (Fsp3) is 0.357. The first-order chi connectivity index (χ1) is 16.1. The summed E-state index contributed by atoms with van der Waals surface area (Å²) in [4.78, 5) is 20.0. The first kappa shape index (κ1) is 23.0. The van der Waals surface area contributed by atoms with Crippen molar-refractivity contribution in [3.63, 3.8) is 0 Å². The molecule has 5 heteroatoms. The third-order valence-electron chi connectivity index (χ3n) is 6.53. The third-order valence-corrected chi connectivity index (χ3v) is 6.53. The van der Waals surface area contributed by atoms with Crippen molar-refractivity contribution in [3.8, 4) is 5.75 Å². The zero-order valence-corrected chi connectivity index (χ0v) is 19.5. The zero-order valence-electron chi connectivity index (χ0n) is 19.5. The number of hydrogen-bond donors (Lipinski definition) is 1. The molecule has 1 aliphatic rings. The molecule has 3 aromatic rings. The smallest absolute Gasteiger partial charge is 0.224 e. The average Bonchev–Trinajstić information content (AvgIpc) is 2.84. The normalized spacial score (nSPS) is 15.7. The lowest BCUT2D eigenvalue weighted by molar-refractivity contribution is -0.121. The summed E-state index contributed by atoms with van der Waals surface area (Å²) in [5, 5.41) is 3.30. The first-order valence-electron chi connectivity index (χ1n) is 11.7. The minimum absolute atomic E-state index is 0.0452. The molecule has 172 valence electrons. The van der Waals surface area contributed by atoms with Crippen LogP contribution in [0.4, 0.5) is 0 Å². The van der Waals surface area contributed by atoms with E-state index in [-0.39, 0.29) is 11.9 Å². The van der Waals surface area contributed by atoms with Crippen molar-refractivity contribution >= 4 is 5.91 Å². The highest BCUT2D eigenvalue weighted by molar-refractivity contribution is 5.79. The number of hydrogen-bond acceptors (Lipinski definition) is 4. The zero-order chi connectivity index (χ0) is 23.0. The van der Waals surface area contributed by atoms with Gasteiger partial charge < -0.3 is 10.1 Å². The molecule has 1 aromatic heterocycles. The largest absolute Gasteiger partial charge is 0.496 e. The minimum atomic E-state index is -0.0712. The molecular weight excluding hydrogens is 410 g/mol. The maximum Gasteiger partial charge on any atom is 0.224 e. The number of ether oxygens (including phenoxy) is 1. The van der Waals surface area contributed by atoms with Crippen LogP contribution < -0.4 is 10.1 Å². The molecule has 1 unspecified atom stereocenters. The maximum atomic E-state index is 12.9. The van der Waals surface area contributed by atoms with Gasteiger partial charge in [-0.2, -0.15) is 0 Å². The molecule has 5 nitrogen and oxygen atoms in total. The number of rotatable bonds is 8. The van der Waals surface area contributed by atoms with Crippen LogP contribution in [0.15, 0.2) is 72.9 Å². The average molecular weight is 444 g/mol. The van der Waals surface area contributed by atoms with Gasteiger partial charge in [0.1, 0.15) is 5.75 Å². The number of nitrogens with zero attached hydrogens (tertiary/aromatic N) is 2. The number of amides is 1. The van der Waals surface area contributed by atoms with Gasteiger partial charge in [-0.15, -0.1) is 0 Å². The Morgan fingerprint density at radius 2 is 1.82 bits per heavy atom. The lowest BCUT2D eigenvalue weighted by atomic mass is 9.87. The number of likely N-dealkylation sites (tertiary alicyclic amines) is 1. The lowest BCUT2D eigenvalue weighted by Gasteiger charge is -2.36. The molecule has 1 amide bonds. The summed E-state index contributed by atoms with van der Waals surface area (Å²) in [7, 11) is 1.74. The topological polar surface area (TPSA) is 54.5 Å². The van der Waals surface area contributed by atoms with Crippen molar-refractivity contribution in [1.29, 1.82) is 0 Å². The fourth-order valence-electron chi connectivity index (χ4n) is 4.81. The van der Waals surface area contributed by atoms with Gasteiger partial charge in [-0.25, -0.2) is 0 Å². The van der Waals surface area contributed by atoms with Gasteiger partial charge in [-0.3, -0.25) is 14.7 Å². The van der Waals surface area contributed by atoms with Gasteiger partial charge >= 0.3 is 0 Å². The van der Waals surface area contributed by atoms with Crippen molar-refractivity contribution in [2.24, 2.45) is 5.92 Å². The van der Waals surface area contributed by atoms with Gasteiger partial charge in [0.2, 0.25) is 5.91 Å². The molecule has 2 aromatic carbocycles. The first-order valence-corrected chi connectivity index (χ1v) is 11.7. The summed E-state index contributed by atoms with van der Waals surface area (Å²) in [5.74, 6) is 1.39. The second-order valence-corrected chi connectivity index (χ2v) is 8.84. The number of piperidine rings is 1. The van der Waals surface area contributed by atoms with E-state index in [1.165, 1.54) is 11.1 Å². The van der Waals surface area contributed by atoms with Crippen molar-refractivity contribution in [1.82, 2.24) is 15.2 Å². The van der Waals surface area contributed by atoms with E-state index in [2.05, 4.69) is 40.3 Å². The summed E-state index contributed by atoms with van der Waals surface area (Å²) in [6.07, 6.45) is 4.23. The highest BCUT2D eigenvalue weighted by Crippen LogP contribution is 2.32. The predicted octanol–water partition coefficient (Wildman–Crippen LogP) is 4.71. The van der Waals surface area contributed by atoms with E-state index in [9.17, 15) is 4.79 Å². The Bertz CT molecular complexity index is 1030. The van der Waals surface area contributed by atoms with Crippen LogP contribution in [0.2, 0.25) is 0 Å². The molecule has 1 aliphatic heterocycles. The second kappa shape index (κ2) is 11.1. The summed E-state index contributed by atoms with van der Waals surface area (Å²) in [5.41, 5.74) is 4.36. The van der Waals surface area contributed by atoms with Gasteiger partial charge in [0, 0.05) is 18.3 Å². The molecule has 0 aliphatic carbocycles. The molecule has 1 saturated heterocycles. The van der Waals surface area contributed by atoms with Crippen molar-refractivity contribution in [2.45, 2.75) is 38.8 Å². The van der Waals surface area contributed by atoms with Crippen LogP contribution >= 0.6 is 0 Å². The van der Waals surface area contributed by atoms with E-state index in [4.69, 9.17) is 4.74 Å². The molecule has 0 spiro atoms. The minimum Gasteiger partial charge on any atom is -0.496 e. The van der Waals surface area contributed by atoms with Crippen molar-refractivity contribution in [2.75, 3.05) is 20.2 Å². The van der Waals surface area contributed by atoms with Gasteiger partial charge in [0.05, 0.1) is 25.3 Å². The van der Waals surface area contributed by atoms with Crippen LogP contribution in [0.5, 0.6) is 5.75 Å². The number of benzene rings is 2. The Hall–Kier alpha value is -3.18. The molecule has 1 fully saturated rings. The molecule has 1 atom stereocenters. The van der Waals surface area contributed by atoms with Crippen LogP contribution in [0.1, 0.15) is 41.3 Å². The number of carbonyl (C=O) groups is 1. The Kier molecular flexibility index (Phi) is 7.74. The number of para-hydroxylation sites is 1. The highest BCUT2D eigenvalue weighted by Gasteiger charge is 2.30. The molecule has 0 radical (unpaired) electrons. The quantitative estimate of drug-likeness (QED) is 0.548. The standard InChI is InChI=1S/C28H33N3O2/c1-21-9-8-12-24(28(21)33-2)20-31-17-14-23(15-18-31)27(25-13-6-7-16-29-25)30-26(32)19-22-10-4-3-5-11-22/h3-13,16,23,27H,14-15,17-20H2,1-2H3,(H,30,32). The summed E-state index contributed by atoms with van der Waals surface area (Å²) >= 11 is 0. The predicted molar refractivity (Wildman–Crippen MR) is 131 cm³/mol. The van der Waals surface area contributed by atoms with Crippen LogP contribution in [0, 0.1) is 12.8 Å². The Morgan fingerprint density at radius 1 is 1.06 bits per heavy atom. The van der Waals surface area contributed by atoms with Crippen molar-refractivity contribution < 1.29 is 9.53 Å². The van der Waals surface area contributed by atoms with Crippen LogP contribution in [-0.4, -0.2) is 36.0 Å². The van der Waals surface area contributed by atoms with E-state index in [1.807, 2.05) is 54.7 Å². The monoisotopic (exact) mass is 443 g/mol. The molecule has 2 heterocycles. The Balaban J connectivity index is 1.41. The van der Waals surface area contributed by atoms with Gasteiger partial charge in [0.25, 0.3) is 0 Å². The van der Waals surface area contributed by atoms with E-state index in [1.54, 1.807) is 7.11 Å². The summed E-state index contributed by atoms with van der Waals surface area (Å²) in [6, 6.07) is 22.1. The van der Waals surface area contributed by atoms with E-state index in [0.29, 0.717) is 12.3 Å². The van der Waals surface area contributed by atoms with Crippen LogP contribution in [-0.2, 0) is 17.8 Å². The molecule has 0 bridgehead atoms. The van der Waals surface area contributed by atoms with E-state index >= 15 is 0 Å². The molecule has 1 N–H and O–H groups in total. The molecule has 4 rings (SSSR count). The van der Waals surface area contributed by atoms with Gasteiger partial charge in [-0.1, -0.05) is 54.6 Å². The third kappa shape index (κ3) is 5.99.